The topological polar surface area (TPSA) is 54.0 Å². The average molecular weight is 302 g/mol. The third-order valence-corrected chi connectivity index (χ3v) is 4.54. The summed E-state index contributed by atoms with van der Waals surface area (Å²) in [5.74, 6) is 0. The van der Waals surface area contributed by atoms with Crippen LogP contribution >= 0.6 is 0 Å². The summed E-state index contributed by atoms with van der Waals surface area (Å²) in [5, 5.41) is 20.3. The molecule has 1 aromatic heterocycles. The maximum absolute atomic E-state index is 11.0. The number of nitrogens with zero attached hydrogens (tertiary/aromatic N) is 4. The van der Waals surface area contributed by atoms with Crippen LogP contribution in [-0.4, -0.2) is 44.2 Å². The summed E-state index contributed by atoms with van der Waals surface area (Å²) in [5.41, 5.74) is 1.04. The van der Waals surface area contributed by atoms with Gasteiger partial charge in [0.15, 0.2) is 5.66 Å². The van der Waals surface area contributed by atoms with E-state index in [-0.39, 0.29) is 5.41 Å². The molecule has 0 amide bonds. The lowest BCUT2D eigenvalue weighted by molar-refractivity contribution is -0.0289. The number of aromatic nitrogens is 3. The van der Waals surface area contributed by atoms with Crippen LogP contribution in [0.4, 0.5) is 0 Å². The highest BCUT2D eigenvalue weighted by Crippen LogP contribution is 2.46. The molecule has 5 heteroatoms. The predicted octanol–water partition coefficient (Wildman–Crippen LogP) is 2.61. The molecule has 1 fully saturated rings. The van der Waals surface area contributed by atoms with Crippen LogP contribution in [0.25, 0.3) is 11.0 Å². The van der Waals surface area contributed by atoms with Gasteiger partial charge in [-0.3, -0.25) is 4.90 Å². The van der Waals surface area contributed by atoms with E-state index in [1.54, 1.807) is 4.80 Å². The van der Waals surface area contributed by atoms with Crippen molar-refractivity contribution in [3.63, 3.8) is 0 Å². The fourth-order valence-electron chi connectivity index (χ4n) is 3.15. The van der Waals surface area contributed by atoms with Crippen molar-refractivity contribution in [1.82, 2.24) is 19.9 Å². The molecule has 0 aliphatic carbocycles. The first-order chi connectivity index (χ1) is 10.4. The van der Waals surface area contributed by atoms with E-state index in [9.17, 15) is 5.11 Å². The van der Waals surface area contributed by atoms with Gasteiger partial charge in [-0.25, -0.2) is 0 Å². The van der Waals surface area contributed by atoms with E-state index in [1.165, 1.54) is 0 Å². The van der Waals surface area contributed by atoms with Crippen molar-refractivity contribution < 1.29 is 5.11 Å². The quantitative estimate of drug-likeness (QED) is 0.863. The van der Waals surface area contributed by atoms with E-state index < -0.39 is 11.8 Å². The maximum Gasteiger partial charge on any atom is 0.174 e. The Labute approximate surface area is 131 Å². The second kappa shape index (κ2) is 5.32. The molecule has 0 saturated carbocycles. The Balaban J connectivity index is 1.99. The van der Waals surface area contributed by atoms with Crippen molar-refractivity contribution in [2.45, 2.75) is 52.3 Å². The third kappa shape index (κ3) is 2.42. The lowest BCUT2D eigenvalue weighted by atomic mass is 9.84. The number of hydrogen-bond acceptors (Lipinski definition) is 4. The number of rotatable bonds is 5. The lowest BCUT2D eigenvalue weighted by Crippen LogP contribution is -2.46. The Morgan fingerprint density at radius 1 is 1.23 bits per heavy atom. The van der Waals surface area contributed by atoms with Gasteiger partial charge >= 0.3 is 0 Å². The van der Waals surface area contributed by atoms with E-state index in [0.717, 1.165) is 37.0 Å². The molecule has 1 aliphatic heterocycles. The largest absolute Gasteiger partial charge is 0.388 e. The van der Waals surface area contributed by atoms with Crippen LogP contribution in [0.5, 0.6) is 0 Å². The van der Waals surface area contributed by atoms with E-state index in [2.05, 4.69) is 42.8 Å². The van der Waals surface area contributed by atoms with Crippen molar-refractivity contribution in [2.75, 3.05) is 13.1 Å². The van der Waals surface area contributed by atoms with Crippen molar-refractivity contribution in [2.24, 2.45) is 5.41 Å². The van der Waals surface area contributed by atoms with Crippen LogP contribution in [0.1, 0.15) is 40.5 Å². The summed E-state index contributed by atoms with van der Waals surface area (Å²) in [4.78, 5) is 4.05. The molecule has 3 rings (SSSR count). The first-order valence-electron chi connectivity index (χ1n) is 8.15. The minimum Gasteiger partial charge on any atom is -0.388 e. The third-order valence-electron chi connectivity index (χ3n) is 4.54. The molecule has 1 N–H and O–H groups in total. The number of fused-ring (bicyclic) bond motifs is 1. The number of aliphatic hydroxyl groups is 1. The standard InChI is InChI=1S/C17H26N4O/c1-5-6-11-20-12-17(20,15(22)16(2,3)4)21-18-13-9-7-8-10-14(13)19-21/h7-10,15,22H,5-6,11-12H2,1-4H3. The number of aliphatic hydroxyl groups excluding tert-OH is 1. The van der Waals surface area contributed by atoms with Gasteiger partial charge in [0, 0.05) is 13.1 Å². The van der Waals surface area contributed by atoms with Gasteiger partial charge in [-0.05, 0) is 24.0 Å². The average Bonchev–Trinajstić information content (AvgIpc) is 3.03. The van der Waals surface area contributed by atoms with Crippen LogP contribution in [0.15, 0.2) is 24.3 Å². The lowest BCUT2D eigenvalue weighted by Gasteiger charge is -2.33. The van der Waals surface area contributed by atoms with Gasteiger partial charge in [-0.1, -0.05) is 46.2 Å². The predicted molar refractivity (Wildman–Crippen MR) is 87.4 cm³/mol. The van der Waals surface area contributed by atoms with Gasteiger partial charge in [0.05, 0.1) is 0 Å². The molecule has 0 bridgehead atoms. The van der Waals surface area contributed by atoms with Crippen LogP contribution in [0.3, 0.4) is 0 Å². The van der Waals surface area contributed by atoms with Crippen LogP contribution in [0.2, 0.25) is 0 Å². The first-order valence-corrected chi connectivity index (χ1v) is 8.15. The fourth-order valence-corrected chi connectivity index (χ4v) is 3.15. The zero-order chi connectivity index (χ0) is 16.0. The normalized spacial score (nSPS) is 26.3. The maximum atomic E-state index is 11.0. The summed E-state index contributed by atoms with van der Waals surface area (Å²) in [6, 6.07) is 7.87. The Morgan fingerprint density at radius 3 is 2.32 bits per heavy atom. The molecular weight excluding hydrogens is 276 g/mol. The highest BCUT2D eigenvalue weighted by molar-refractivity contribution is 5.73. The Morgan fingerprint density at radius 2 is 1.82 bits per heavy atom. The highest BCUT2D eigenvalue weighted by Gasteiger charge is 2.63. The van der Waals surface area contributed by atoms with Gasteiger partial charge in [0.2, 0.25) is 0 Å². The molecule has 3 atom stereocenters. The smallest absolute Gasteiger partial charge is 0.174 e. The van der Waals surface area contributed by atoms with E-state index in [0.29, 0.717) is 0 Å². The van der Waals surface area contributed by atoms with Gasteiger partial charge in [-0.2, -0.15) is 15.0 Å². The Bertz CT molecular complexity index is 627. The minimum atomic E-state index is -0.515. The highest BCUT2D eigenvalue weighted by atomic mass is 16.3. The number of hydrogen-bond donors (Lipinski definition) is 1. The first kappa shape index (κ1) is 15.4. The molecule has 0 spiro atoms. The minimum absolute atomic E-state index is 0.221. The molecule has 1 saturated heterocycles. The van der Waals surface area contributed by atoms with E-state index in [4.69, 9.17) is 0 Å². The molecule has 2 aromatic rings. The zero-order valence-corrected chi connectivity index (χ0v) is 14.0. The van der Waals surface area contributed by atoms with E-state index in [1.807, 2.05) is 24.3 Å². The van der Waals surface area contributed by atoms with Gasteiger partial charge in [-0.15, -0.1) is 0 Å². The van der Waals surface area contributed by atoms with Crippen LogP contribution in [0, 0.1) is 5.41 Å². The molecule has 1 aromatic carbocycles. The molecule has 5 nitrogen and oxygen atoms in total. The van der Waals surface area contributed by atoms with Gasteiger partial charge in [0.1, 0.15) is 17.1 Å². The summed E-state index contributed by atoms with van der Waals surface area (Å²) in [6.07, 6.45) is 1.75. The molecule has 0 radical (unpaired) electrons. The molecule has 3 unspecified atom stereocenters. The van der Waals surface area contributed by atoms with Crippen molar-refractivity contribution in [3.8, 4) is 0 Å². The molecule has 22 heavy (non-hydrogen) atoms. The van der Waals surface area contributed by atoms with Crippen molar-refractivity contribution in [3.05, 3.63) is 24.3 Å². The molecule has 2 heterocycles. The van der Waals surface area contributed by atoms with Crippen LogP contribution in [-0.2, 0) is 5.66 Å². The number of benzene rings is 1. The SMILES string of the molecule is CCCCN1CC1(C(O)C(C)(C)C)n1nc2ccccc2n1. The molecular formula is C17H26N4O. The summed E-state index contributed by atoms with van der Waals surface area (Å²) in [7, 11) is 0. The van der Waals surface area contributed by atoms with Gasteiger partial charge < -0.3 is 5.11 Å². The Hall–Kier alpha value is -1.46. The molecule has 1 aliphatic rings. The fraction of sp³-hybridized carbons (Fsp3) is 0.647. The van der Waals surface area contributed by atoms with Gasteiger partial charge in [0.25, 0.3) is 0 Å². The molecule has 120 valence electrons. The second-order valence-electron chi connectivity index (χ2n) is 7.40. The van der Waals surface area contributed by atoms with Crippen LogP contribution < -0.4 is 0 Å². The number of unbranched alkanes of at least 4 members (excludes halogenated alkanes) is 1. The summed E-state index contributed by atoms with van der Waals surface area (Å²) in [6.45, 7) is 10.2. The summed E-state index contributed by atoms with van der Waals surface area (Å²) >= 11 is 0. The zero-order valence-electron chi connectivity index (χ0n) is 14.0. The summed E-state index contributed by atoms with van der Waals surface area (Å²) < 4.78 is 0. The van der Waals surface area contributed by atoms with E-state index >= 15 is 0 Å². The van der Waals surface area contributed by atoms with Crippen molar-refractivity contribution in [1.29, 1.82) is 0 Å². The Kier molecular flexibility index (Phi) is 3.73. The monoisotopic (exact) mass is 302 g/mol. The second-order valence-corrected chi connectivity index (χ2v) is 7.40. The van der Waals surface area contributed by atoms with Crippen molar-refractivity contribution >= 4 is 11.0 Å².